The fourth-order valence-electron chi connectivity index (χ4n) is 3.02. The Labute approximate surface area is 125 Å². The van der Waals surface area contributed by atoms with Gasteiger partial charge in [-0.25, -0.2) is 0 Å². The smallest absolute Gasteiger partial charge is 0.118 e. The molecule has 0 unspecified atom stereocenters. The lowest BCUT2D eigenvalue weighted by atomic mass is 10.0. The van der Waals surface area contributed by atoms with Crippen molar-refractivity contribution in [1.29, 1.82) is 0 Å². The van der Waals surface area contributed by atoms with Crippen LogP contribution in [-0.4, -0.2) is 27.4 Å². The van der Waals surface area contributed by atoms with Crippen LogP contribution in [0.15, 0.2) is 48.5 Å². The second-order valence-electron chi connectivity index (χ2n) is 5.30. The van der Waals surface area contributed by atoms with Crippen molar-refractivity contribution in [3.8, 4) is 11.5 Å². The molecular formula is C18H20O3. The summed E-state index contributed by atoms with van der Waals surface area (Å²) in [6.45, 7) is 0. The van der Waals surface area contributed by atoms with Gasteiger partial charge in [0.15, 0.2) is 0 Å². The third-order valence-electron chi connectivity index (χ3n) is 4.23. The van der Waals surface area contributed by atoms with Gasteiger partial charge in [0.2, 0.25) is 0 Å². The van der Waals surface area contributed by atoms with Gasteiger partial charge in [0.25, 0.3) is 0 Å². The molecule has 0 amide bonds. The van der Waals surface area contributed by atoms with Gasteiger partial charge in [-0.15, -0.1) is 0 Å². The summed E-state index contributed by atoms with van der Waals surface area (Å²) in [7, 11) is 5.15. The van der Waals surface area contributed by atoms with Gasteiger partial charge in [-0.1, -0.05) is 24.3 Å². The van der Waals surface area contributed by atoms with Crippen molar-refractivity contribution in [2.45, 2.75) is 17.9 Å². The summed E-state index contributed by atoms with van der Waals surface area (Å²) < 4.78 is 16.1. The summed E-state index contributed by atoms with van der Waals surface area (Å²) in [5, 5.41) is 0. The summed E-state index contributed by atoms with van der Waals surface area (Å²) in [5.74, 6) is 2.59. The molecule has 3 heteroatoms. The van der Waals surface area contributed by atoms with E-state index in [2.05, 4.69) is 24.3 Å². The van der Waals surface area contributed by atoms with Gasteiger partial charge < -0.3 is 14.2 Å². The molecule has 0 heterocycles. The van der Waals surface area contributed by atoms with Gasteiger partial charge >= 0.3 is 0 Å². The SMILES string of the molecule is COc1ccc([C@@H]2C(OC)[C@H]2c2ccc(OC)cc2)cc1. The molecule has 0 radical (unpaired) electrons. The van der Waals surface area contributed by atoms with E-state index in [4.69, 9.17) is 14.2 Å². The number of ether oxygens (including phenoxy) is 3. The monoisotopic (exact) mass is 284 g/mol. The van der Waals surface area contributed by atoms with Crippen LogP contribution >= 0.6 is 0 Å². The quantitative estimate of drug-likeness (QED) is 0.839. The Hall–Kier alpha value is -2.00. The lowest BCUT2D eigenvalue weighted by molar-refractivity contribution is 0.173. The number of hydrogen-bond donors (Lipinski definition) is 0. The molecule has 0 saturated heterocycles. The van der Waals surface area contributed by atoms with Crippen LogP contribution in [-0.2, 0) is 4.74 Å². The first-order valence-corrected chi connectivity index (χ1v) is 7.09. The van der Waals surface area contributed by atoms with E-state index in [-0.39, 0.29) is 6.10 Å². The molecule has 2 atom stereocenters. The number of benzene rings is 2. The molecular weight excluding hydrogens is 264 g/mol. The Morgan fingerprint density at radius 3 is 1.29 bits per heavy atom. The zero-order valence-corrected chi connectivity index (χ0v) is 12.6. The summed E-state index contributed by atoms with van der Waals surface area (Å²) in [4.78, 5) is 0. The van der Waals surface area contributed by atoms with Crippen molar-refractivity contribution < 1.29 is 14.2 Å². The minimum atomic E-state index is 0.242. The summed E-state index contributed by atoms with van der Waals surface area (Å²) in [6, 6.07) is 16.5. The molecule has 0 aromatic heterocycles. The first-order chi connectivity index (χ1) is 10.3. The van der Waals surface area contributed by atoms with E-state index in [9.17, 15) is 0 Å². The zero-order chi connectivity index (χ0) is 14.8. The fraction of sp³-hybridized carbons (Fsp3) is 0.333. The summed E-state index contributed by atoms with van der Waals surface area (Å²) in [6.07, 6.45) is 0.242. The molecule has 1 saturated carbocycles. The van der Waals surface area contributed by atoms with E-state index in [1.807, 2.05) is 24.3 Å². The van der Waals surface area contributed by atoms with Gasteiger partial charge in [-0.3, -0.25) is 0 Å². The highest BCUT2D eigenvalue weighted by molar-refractivity contribution is 5.43. The van der Waals surface area contributed by atoms with Crippen LogP contribution < -0.4 is 9.47 Å². The molecule has 0 spiro atoms. The molecule has 0 aliphatic heterocycles. The molecule has 2 aromatic carbocycles. The molecule has 0 bridgehead atoms. The molecule has 21 heavy (non-hydrogen) atoms. The molecule has 3 rings (SSSR count). The third kappa shape index (κ3) is 2.61. The minimum absolute atomic E-state index is 0.242. The third-order valence-corrected chi connectivity index (χ3v) is 4.23. The highest BCUT2D eigenvalue weighted by atomic mass is 16.5. The number of rotatable bonds is 5. The van der Waals surface area contributed by atoms with Gasteiger partial charge in [0.1, 0.15) is 11.5 Å². The Bertz CT molecular complexity index is 535. The molecule has 1 fully saturated rings. The average molecular weight is 284 g/mol. The topological polar surface area (TPSA) is 27.7 Å². The largest absolute Gasteiger partial charge is 0.497 e. The molecule has 3 nitrogen and oxygen atoms in total. The lowest BCUT2D eigenvalue weighted by Gasteiger charge is -2.04. The van der Waals surface area contributed by atoms with Gasteiger partial charge in [-0.2, -0.15) is 0 Å². The molecule has 2 aromatic rings. The summed E-state index contributed by atoms with van der Waals surface area (Å²) >= 11 is 0. The Morgan fingerprint density at radius 1 is 0.619 bits per heavy atom. The first-order valence-electron chi connectivity index (χ1n) is 7.09. The minimum Gasteiger partial charge on any atom is -0.497 e. The number of methoxy groups -OCH3 is 3. The Kier molecular flexibility index (Phi) is 3.84. The van der Waals surface area contributed by atoms with Crippen LogP contribution in [0.1, 0.15) is 23.0 Å². The second kappa shape index (κ2) is 5.78. The van der Waals surface area contributed by atoms with Crippen LogP contribution in [0.5, 0.6) is 11.5 Å². The van der Waals surface area contributed by atoms with E-state index in [0.29, 0.717) is 11.8 Å². The van der Waals surface area contributed by atoms with Crippen molar-refractivity contribution in [2.24, 2.45) is 0 Å². The maximum absolute atomic E-state index is 5.65. The van der Waals surface area contributed by atoms with E-state index in [0.717, 1.165) is 11.5 Å². The van der Waals surface area contributed by atoms with Gasteiger partial charge in [0.05, 0.1) is 20.3 Å². The standard InChI is InChI=1S/C18H20O3/c1-19-14-8-4-12(5-9-14)16-17(18(16)21-3)13-6-10-15(20-2)11-7-13/h4-11,16-18H,1-3H3/t16-,17-/m0/s1. The average Bonchev–Trinajstić information content (AvgIpc) is 3.29. The van der Waals surface area contributed by atoms with Crippen molar-refractivity contribution in [3.63, 3.8) is 0 Å². The van der Waals surface area contributed by atoms with Crippen LogP contribution in [0.2, 0.25) is 0 Å². The highest BCUT2D eigenvalue weighted by Gasteiger charge is 2.52. The van der Waals surface area contributed by atoms with Crippen LogP contribution in [0.3, 0.4) is 0 Å². The first kappa shape index (κ1) is 14.0. The normalized spacial score (nSPS) is 23.7. The fourth-order valence-corrected chi connectivity index (χ4v) is 3.02. The van der Waals surface area contributed by atoms with Crippen molar-refractivity contribution >= 4 is 0 Å². The number of hydrogen-bond acceptors (Lipinski definition) is 3. The van der Waals surface area contributed by atoms with Crippen LogP contribution in [0.25, 0.3) is 0 Å². The predicted molar refractivity (Wildman–Crippen MR) is 82.3 cm³/mol. The maximum atomic E-state index is 5.65. The molecule has 1 aliphatic carbocycles. The van der Waals surface area contributed by atoms with Crippen molar-refractivity contribution in [1.82, 2.24) is 0 Å². The van der Waals surface area contributed by atoms with Crippen molar-refractivity contribution in [2.75, 3.05) is 21.3 Å². The Morgan fingerprint density at radius 2 is 1.00 bits per heavy atom. The van der Waals surface area contributed by atoms with Gasteiger partial charge in [-0.05, 0) is 35.4 Å². The van der Waals surface area contributed by atoms with E-state index in [1.165, 1.54) is 11.1 Å². The Balaban J connectivity index is 1.81. The van der Waals surface area contributed by atoms with Gasteiger partial charge in [0, 0.05) is 18.9 Å². The van der Waals surface area contributed by atoms with E-state index in [1.54, 1.807) is 21.3 Å². The summed E-state index contributed by atoms with van der Waals surface area (Å²) in [5.41, 5.74) is 2.59. The van der Waals surface area contributed by atoms with Crippen LogP contribution in [0, 0.1) is 0 Å². The van der Waals surface area contributed by atoms with E-state index < -0.39 is 0 Å². The lowest BCUT2D eigenvalue weighted by Crippen LogP contribution is -1.92. The molecule has 0 N–H and O–H groups in total. The van der Waals surface area contributed by atoms with Crippen molar-refractivity contribution in [3.05, 3.63) is 59.7 Å². The van der Waals surface area contributed by atoms with Crippen LogP contribution in [0.4, 0.5) is 0 Å². The maximum Gasteiger partial charge on any atom is 0.118 e. The molecule has 110 valence electrons. The highest BCUT2D eigenvalue weighted by Crippen LogP contribution is 2.56. The molecule has 1 aliphatic rings. The second-order valence-corrected chi connectivity index (χ2v) is 5.30. The predicted octanol–water partition coefficient (Wildman–Crippen LogP) is 3.60. The van der Waals surface area contributed by atoms with E-state index >= 15 is 0 Å². The zero-order valence-electron chi connectivity index (χ0n) is 12.6.